The van der Waals surface area contributed by atoms with E-state index in [1.807, 2.05) is 11.8 Å². The molecule has 4 rings (SSSR count). The number of aryl methyl sites for hydroxylation is 1. The monoisotopic (exact) mass is 437 g/mol. The number of imidazole rings is 1. The Bertz CT molecular complexity index is 817. The van der Waals surface area contributed by atoms with E-state index in [9.17, 15) is 13.2 Å². The lowest BCUT2D eigenvalue weighted by atomic mass is 9.94. The Hall–Kier alpha value is -1.45. The van der Waals surface area contributed by atoms with Crippen LogP contribution in [0.4, 0.5) is 0 Å². The summed E-state index contributed by atoms with van der Waals surface area (Å²) < 4.78 is 28.9. The van der Waals surface area contributed by atoms with Crippen molar-refractivity contribution < 1.29 is 13.2 Å². The standard InChI is InChI=1S/C21H35N5O3S/c1-2-23-16-20(22-17-23)30(28,29)26-14-6-18(7-15-26)21(27)25-12-8-19(9-13-25)24-10-4-3-5-11-24/h16-19H,2-15H2,1H3. The van der Waals surface area contributed by atoms with Crippen LogP contribution in [0.3, 0.4) is 0 Å². The van der Waals surface area contributed by atoms with Gasteiger partial charge in [-0.1, -0.05) is 6.42 Å². The number of likely N-dealkylation sites (tertiary alicyclic amines) is 2. The number of carbonyl (C=O) groups excluding carboxylic acids is 1. The minimum Gasteiger partial charge on any atom is -0.342 e. The SMILES string of the molecule is CCn1cnc(S(=O)(=O)N2CCC(C(=O)N3CCC(N4CCCCC4)CC3)CC2)c1. The Balaban J connectivity index is 1.27. The van der Waals surface area contributed by atoms with E-state index in [0.29, 0.717) is 38.5 Å². The van der Waals surface area contributed by atoms with Crippen LogP contribution in [-0.2, 0) is 21.4 Å². The number of hydrogen-bond donors (Lipinski definition) is 0. The van der Waals surface area contributed by atoms with Crippen molar-refractivity contribution in [1.29, 1.82) is 0 Å². The van der Waals surface area contributed by atoms with E-state index in [1.165, 1.54) is 36.7 Å². The second-order valence-corrected chi connectivity index (χ2v) is 10.8. The van der Waals surface area contributed by atoms with Crippen LogP contribution < -0.4 is 0 Å². The van der Waals surface area contributed by atoms with Gasteiger partial charge in [0, 0.05) is 50.9 Å². The molecule has 8 nitrogen and oxygen atoms in total. The highest BCUT2D eigenvalue weighted by atomic mass is 32.2. The molecule has 0 unspecified atom stereocenters. The predicted octanol–water partition coefficient (Wildman–Crippen LogP) is 1.78. The summed E-state index contributed by atoms with van der Waals surface area (Å²) in [6.07, 6.45) is 10.4. The fourth-order valence-corrected chi connectivity index (χ4v) is 6.52. The van der Waals surface area contributed by atoms with Crippen molar-refractivity contribution in [2.24, 2.45) is 5.92 Å². The summed E-state index contributed by atoms with van der Waals surface area (Å²) in [6, 6.07) is 0.629. The Morgan fingerprint density at radius 1 is 1.00 bits per heavy atom. The molecular formula is C21H35N5O3S. The lowest BCUT2D eigenvalue weighted by Gasteiger charge is -2.41. The van der Waals surface area contributed by atoms with Gasteiger partial charge in [-0.25, -0.2) is 13.4 Å². The molecule has 0 spiro atoms. The molecule has 0 atom stereocenters. The van der Waals surface area contributed by atoms with E-state index < -0.39 is 10.0 Å². The van der Waals surface area contributed by atoms with Crippen molar-refractivity contribution in [3.63, 3.8) is 0 Å². The first kappa shape index (κ1) is 21.8. The fourth-order valence-electron chi connectivity index (χ4n) is 5.11. The molecule has 0 aliphatic carbocycles. The van der Waals surface area contributed by atoms with Gasteiger partial charge in [0.15, 0.2) is 5.03 Å². The van der Waals surface area contributed by atoms with Crippen LogP contribution in [0, 0.1) is 5.92 Å². The van der Waals surface area contributed by atoms with Crippen LogP contribution in [0.15, 0.2) is 17.6 Å². The van der Waals surface area contributed by atoms with Gasteiger partial charge in [-0.05, 0) is 58.5 Å². The number of sulfonamides is 1. The third-order valence-corrected chi connectivity index (χ3v) is 8.85. The van der Waals surface area contributed by atoms with Crippen molar-refractivity contribution >= 4 is 15.9 Å². The molecule has 0 aromatic carbocycles. The maximum absolute atomic E-state index is 13.0. The molecule has 0 bridgehead atoms. The summed E-state index contributed by atoms with van der Waals surface area (Å²) in [4.78, 5) is 21.7. The van der Waals surface area contributed by atoms with E-state index >= 15 is 0 Å². The van der Waals surface area contributed by atoms with Crippen molar-refractivity contribution in [2.45, 2.75) is 69.5 Å². The van der Waals surface area contributed by atoms with Crippen LogP contribution in [-0.4, -0.2) is 83.3 Å². The van der Waals surface area contributed by atoms with Crippen LogP contribution in [0.2, 0.25) is 0 Å². The molecule has 4 heterocycles. The van der Waals surface area contributed by atoms with E-state index in [-0.39, 0.29) is 16.9 Å². The van der Waals surface area contributed by atoms with E-state index in [0.717, 1.165) is 25.9 Å². The molecule has 3 saturated heterocycles. The summed E-state index contributed by atoms with van der Waals surface area (Å²) >= 11 is 0. The number of aromatic nitrogens is 2. The summed E-state index contributed by atoms with van der Waals surface area (Å²) in [7, 11) is -3.57. The number of amides is 1. The van der Waals surface area contributed by atoms with Crippen LogP contribution in [0.1, 0.15) is 51.9 Å². The first-order chi connectivity index (χ1) is 14.5. The molecule has 0 radical (unpaired) electrons. The molecular weight excluding hydrogens is 402 g/mol. The molecule has 3 fully saturated rings. The van der Waals surface area contributed by atoms with Crippen molar-refractivity contribution in [2.75, 3.05) is 39.3 Å². The van der Waals surface area contributed by atoms with Crippen molar-refractivity contribution in [1.82, 2.24) is 23.7 Å². The number of carbonyl (C=O) groups is 1. The first-order valence-corrected chi connectivity index (χ1v) is 13.0. The minimum absolute atomic E-state index is 0.0591. The molecule has 3 aliphatic rings. The van der Waals surface area contributed by atoms with Gasteiger partial charge in [-0.15, -0.1) is 0 Å². The maximum atomic E-state index is 13.0. The predicted molar refractivity (Wildman–Crippen MR) is 114 cm³/mol. The molecule has 0 saturated carbocycles. The molecule has 9 heteroatoms. The topological polar surface area (TPSA) is 78.8 Å². The zero-order valence-corrected chi connectivity index (χ0v) is 18.9. The highest BCUT2D eigenvalue weighted by molar-refractivity contribution is 7.89. The van der Waals surface area contributed by atoms with Gasteiger partial charge < -0.3 is 14.4 Å². The molecule has 1 amide bonds. The number of rotatable bonds is 5. The lowest BCUT2D eigenvalue weighted by molar-refractivity contribution is -0.138. The smallest absolute Gasteiger partial charge is 0.262 e. The summed E-state index contributed by atoms with van der Waals surface area (Å²) in [5.74, 6) is 0.163. The minimum atomic E-state index is -3.57. The maximum Gasteiger partial charge on any atom is 0.262 e. The van der Waals surface area contributed by atoms with Gasteiger partial charge >= 0.3 is 0 Å². The zero-order valence-electron chi connectivity index (χ0n) is 18.1. The van der Waals surface area contributed by atoms with Gasteiger partial charge in [0.1, 0.15) is 0 Å². The lowest BCUT2D eigenvalue weighted by Crippen LogP contribution is -2.50. The number of hydrogen-bond acceptors (Lipinski definition) is 5. The molecule has 1 aromatic heterocycles. The van der Waals surface area contributed by atoms with Gasteiger partial charge in [-0.3, -0.25) is 4.79 Å². The third kappa shape index (κ3) is 4.57. The zero-order chi connectivity index (χ0) is 21.1. The van der Waals surface area contributed by atoms with E-state index in [1.54, 1.807) is 17.1 Å². The summed E-state index contributed by atoms with van der Waals surface area (Å²) in [6.45, 7) is 7.52. The average Bonchev–Trinajstić information content (AvgIpc) is 3.30. The Morgan fingerprint density at radius 3 is 2.27 bits per heavy atom. The Morgan fingerprint density at radius 2 is 1.67 bits per heavy atom. The van der Waals surface area contributed by atoms with Crippen LogP contribution in [0.5, 0.6) is 0 Å². The third-order valence-electron chi connectivity index (χ3n) is 7.07. The number of nitrogens with zero attached hydrogens (tertiary/aromatic N) is 5. The average molecular weight is 438 g/mol. The summed E-state index contributed by atoms with van der Waals surface area (Å²) in [5, 5.41) is 0.105. The van der Waals surface area contributed by atoms with Crippen molar-refractivity contribution in [3.05, 3.63) is 12.5 Å². The molecule has 1 aromatic rings. The van der Waals surface area contributed by atoms with E-state index in [2.05, 4.69) is 9.88 Å². The van der Waals surface area contributed by atoms with E-state index in [4.69, 9.17) is 0 Å². The van der Waals surface area contributed by atoms with Gasteiger partial charge in [0.2, 0.25) is 5.91 Å². The molecule has 30 heavy (non-hydrogen) atoms. The Kier molecular flexibility index (Phi) is 6.79. The van der Waals surface area contributed by atoms with Crippen LogP contribution in [0.25, 0.3) is 0 Å². The fraction of sp³-hybridized carbons (Fsp3) is 0.810. The second-order valence-electron chi connectivity index (χ2n) is 8.87. The number of piperidine rings is 3. The normalized spacial score (nSPS) is 23.7. The van der Waals surface area contributed by atoms with Gasteiger partial charge in [0.25, 0.3) is 10.0 Å². The molecule has 168 valence electrons. The van der Waals surface area contributed by atoms with Gasteiger partial charge in [0.05, 0.1) is 6.33 Å². The first-order valence-electron chi connectivity index (χ1n) is 11.5. The van der Waals surface area contributed by atoms with Crippen molar-refractivity contribution in [3.8, 4) is 0 Å². The molecule has 3 aliphatic heterocycles. The quantitative estimate of drug-likeness (QED) is 0.702. The molecule has 0 N–H and O–H groups in total. The highest BCUT2D eigenvalue weighted by Gasteiger charge is 2.36. The second kappa shape index (κ2) is 9.36. The van der Waals surface area contributed by atoms with Gasteiger partial charge in [-0.2, -0.15) is 4.31 Å². The summed E-state index contributed by atoms with van der Waals surface area (Å²) in [5.41, 5.74) is 0. The largest absolute Gasteiger partial charge is 0.342 e. The van der Waals surface area contributed by atoms with Crippen LogP contribution >= 0.6 is 0 Å². The highest BCUT2D eigenvalue weighted by Crippen LogP contribution is 2.27. The Labute approximate surface area is 180 Å².